The van der Waals surface area contributed by atoms with Gasteiger partial charge >= 0.3 is 0 Å². The number of methoxy groups -OCH3 is 1. The minimum atomic E-state index is -0.471. The number of fused-ring (bicyclic) bond motifs is 2. The van der Waals surface area contributed by atoms with E-state index in [2.05, 4.69) is 17.0 Å². The van der Waals surface area contributed by atoms with Crippen LogP contribution in [0.15, 0.2) is 42.5 Å². The molecule has 2 aliphatic rings. The van der Waals surface area contributed by atoms with Crippen LogP contribution in [-0.2, 0) is 28.1 Å². The predicted molar refractivity (Wildman–Crippen MR) is 110 cm³/mol. The van der Waals surface area contributed by atoms with Crippen LogP contribution in [0.4, 0.5) is 0 Å². The molecule has 0 radical (unpaired) electrons. The molecule has 0 unspecified atom stereocenters. The van der Waals surface area contributed by atoms with Gasteiger partial charge in [0.05, 0.1) is 19.3 Å². The SMILES string of the molecule is COc1ccc2c(c1)CCOC21CCN(Cc2ccc(OCC(N)=O)cc2)CC1. The molecule has 4 rings (SSSR count). The smallest absolute Gasteiger partial charge is 0.255 e. The normalized spacial score (nSPS) is 18.2. The molecule has 0 bridgehead atoms. The Bertz CT molecular complexity index is 858. The summed E-state index contributed by atoms with van der Waals surface area (Å²) in [6.07, 6.45) is 2.93. The van der Waals surface area contributed by atoms with Crippen LogP contribution in [0, 0.1) is 0 Å². The number of ether oxygens (including phenoxy) is 3. The lowest BCUT2D eigenvalue weighted by atomic mass is 9.79. The van der Waals surface area contributed by atoms with Crippen molar-refractivity contribution in [3.63, 3.8) is 0 Å². The van der Waals surface area contributed by atoms with Crippen molar-refractivity contribution in [3.8, 4) is 11.5 Å². The molecule has 2 heterocycles. The van der Waals surface area contributed by atoms with E-state index >= 15 is 0 Å². The third-order valence-corrected chi connectivity index (χ3v) is 5.93. The Kier molecular flexibility index (Phi) is 5.74. The van der Waals surface area contributed by atoms with Crippen LogP contribution in [0.5, 0.6) is 11.5 Å². The van der Waals surface area contributed by atoms with Crippen molar-refractivity contribution in [1.29, 1.82) is 0 Å². The molecule has 6 heteroatoms. The highest BCUT2D eigenvalue weighted by Gasteiger charge is 2.40. The molecule has 1 amide bonds. The summed E-state index contributed by atoms with van der Waals surface area (Å²) in [5, 5.41) is 0. The van der Waals surface area contributed by atoms with Crippen molar-refractivity contribution in [2.45, 2.75) is 31.4 Å². The number of likely N-dealkylation sites (tertiary alicyclic amines) is 1. The second-order valence-electron chi connectivity index (χ2n) is 7.79. The highest BCUT2D eigenvalue weighted by Crippen LogP contribution is 2.42. The lowest BCUT2D eigenvalue weighted by Crippen LogP contribution is -2.46. The maximum atomic E-state index is 10.8. The summed E-state index contributed by atoms with van der Waals surface area (Å²) in [6.45, 7) is 3.55. The van der Waals surface area contributed by atoms with Crippen LogP contribution >= 0.6 is 0 Å². The van der Waals surface area contributed by atoms with Crippen LogP contribution in [0.2, 0.25) is 0 Å². The summed E-state index contributed by atoms with van der Waals surface area (Å²) in [4.78, 5) is 13.3. The van der Waals surface area contributed by atoms with Gasteiger partial charge in [0.15, 0.2) is 6.61 Å². The number of nitrogens with zero attached hydrogens (tertiary/aromatic N) is 1. The van der Waals surface area contributed by atoms with Crippen molar-refractivity contribution in [2.75, 3.05) is 33.4 Å². The standard InChI is InChI=1S/C23H28N2O4/c1-27-20-6-7-21-18(14-20)8-13-29-23(21)9-11-25(12-10-23)15-17-2-4-19(5-3-17)28-16-22(24)26/h2-7,14H,8-13,15-16H2,1H3,(H2,24,26). The number of amides is 1. The molecule has 154 valence electrons. The highest BCUT2D eigenvalue weighted by atomic mass is 16.5. The van der Waals surface area contributed by atoms with Crippen molar-refractivity contribution in [3.05, 3.63) is 59.2 Å². The molecule has 1 fully saturated rings. The van der Waals surface area contributed by atoms with Crippen LogP contribution in [0.1, 0.15) is 29.5 Å². The van der Waals surface area contributed by atoms with E-state index < -0.39 is 5.91 Å². The molecular weight excluding hydrogens is 368 g/mol. The van der Waals surface area contributed by atoms with Gasteiger partial charge in [-0.15, -0.1) is 0 Å². The Hall–Kier alpha value is -2.57. The fourth-order valence-corrected chi connectivity index (χ4v) is 4.37. The summed E-state index contributed by atoms with van der Waals surface area (Å²) in [7, 11) is 1.71. The van der Waals surface area contributed by atoms with Gasteiger partial charge in [0.2, 0.25) is 0 Å². The third kappa shape index (κ3) is 4.38. The number of benzene rings is 2. The Labute approximate surface area is 171 Å². The molecule has 1 saturated heterocycles. The first-order valence-corrected chi connectivity index (χ1v) is 10.1. The lowest BCUT2D eigenvalue weighted by Gasteiger charge is -2.45. The van der Waals surface area contributed by atoms with Gasteiger partial charge in [0.25, 0.3) is 5.91 Å². The Balaban J connectivity index is 1.37. The summed E-state index contributed by atoms with van der Waals surface area (Å²) in [5.41, 5.74) is 8.86. The van der Waals surface area contributed by atoms with Crippen molar-refractivity contribution >= 4 is 5.91 Å². The first-order valence-electron chi connectivity index (χ1n) is 10.1. The zero-order valence-corrected chi connectivity index (χ0v) is 16.9. The number of carbonyl (C=O) groups excluding carboxylic acids is 1. The number of piperidine rings is 1. The van der Waals surface area contributed by atoms with Gasteiger partial charge in [-0.05, 0) is 60.2 Å². The van der Waals surface area contributed by atoms with E-state index in [0.29, 0.717) is 5.75 Å². The monoisotopic (exact) mass is 396 g/mol. The second kappa shape index (κ2) is 8.43. The van der Waals surface area contributed by atoms with Gasteiger partial charge in [-0.1, -0.05) is 18.2 Å². The predicted octanol–water partition coefficient (Wildman–Crippen LogP) is 2.62. The summed E-state index contributed by atoms with van der Waals surface area (Å²) in [6, 6.07) is 14.2. The second-order valence-corrected chi connectivity index (χ2v) is 7.79. The van der Waals surface area contributed by atoms with Gasteiger partial charge in [-0.25, -0.2) is 0 Å². The first-order chi connectivity index (χ1) is 14.1. The number of carbonyl (C=O) groups is 1. The molecule has 2 N–H and O–H groups in total. The average molecular weight is 396 g/mol. The van der Waals surface area contributed by atoms with Crippen LogP contribution in [0.25, 0.3) is 0 Å². The molecule has 0 aliphatic carbocycles. The van der Waals surface area contributed by atoms with Crippen molar-refractivity contribution in [2.24, 2.45) is 5.73 Å². The van der Waals surface area contributed by atoms with Crippen molar-refractivity contribution < 1.29 is 19.0 Å². The molecule has 2 aromatic rings. The Morgan fingerprint density at radius 1 is 1.14 bits per heavy atom. The van der Waals surface area contributed by atoms with Crippen molar-refractivity contribution in [1.82, 2.24) is 4.90 Å². The molecule has 1 spiro atoms. The van der Waals surface area contributed by atoms with Gasteiger partial charge in [-0.3, -0.25) is 9.69 Å². The van der Waals surface area contributed by atoms with Crippen LogP contribution < -0.4 is 15.2 Å². The van der Waals surface area contributed by atoms with E-state index in [9.17, 15) is 4.79 Å². The average Bonchev–Trinajstić information content (AvgIpc) is 2.75. The van der Waals surface area contributed by atoms with Gasteiger partial charge < -0.3 is 19.9 Å². The lowest BCUT2D eigenvalue weighted by molar-refractivity contribution is -0.119. The van der Waals surface area contributed by atoms with Gasteiger partial charge in [0.1, 0.15) is 11.5 Å². The molecule has 0 saturated carbocycles. The Morgan fingerprint density at radius 3 is 2.55 bits per heavy atom. The molecule has 0 atom stereocenters. The van der Waals surface area contributed by atoms with E-state index in [4.69, 9.17) is 19.9 Å². The third-order valence-electron chi connectivity index (χ3n) is 5.93. The van der Waals surface area contributed by atoms with Crippen LogP contribution in [0.3, 0.4) is 0 Å². The Morgan fingerprint density at radius 2 is 1.86 bits per heavy atom. The summed E-state index contributed by atoms with van der Waals surface area (Å²) < 4.78 is 17.1. The number of nitrogens with two attached hydrogens (primary N) is 1. The molecular formula is C23H28N2O4. The minimum absolute atomic E-state index is 0.0963. The van der Waals surface area contributed by atoms with E-state index in [1.165, 1.54) is 16.7 Å². The largest absolute Gasteiger partial charge is 0.497 e. The maximum absolute atomic E-state index is 10.8. The van der Waals surface area contributed by atoms with E-state index in [1.54, 1.807) is 7.11 Å². The maximum Gasteiger partial charge on any atom is 0.255 e. The molecule has 0 aromatic heterocycles. The van der Waals surface area contributed by atoms with E-state index in [0.717, 1.165) is 51.3 Å². The van der Waals surface area contributed by atoms with E-state index in [1.807, 2.05) is 30.3 Å². The zero-order valence-electron chi connectivity index (χ0n) is 16.9. The number of rotatable bonds is 6. The number of hydrogen-bond acceptors (Lipinski definition) is 5. The first kappa shape index (κ1) is 19.7. The highest BCUT2D eigenvalue weighted by molar-refractivity contribution is 5.75. The molecule has 2 aromatic carbocycles. The fourth-order valence-electron chi connectivity index (χ4n) is 4.37. The minimum Gasteiger partial charge on any atom is -0.497 e. The summed E-state index contributed by atoms with van der Waals surface area (Å²) >= 11 is 0. The van der Waals surface area contributed by atoms with Crippen LogP contribution in [-0.4, -0.2) is 44.2 Å². The fraction of sp³-hybridized carbons (Fsp3) is 0.435. The summed E-state index contributed by atoms with van der Waals surface area (Å²) in [5.74, 6) is 1.11. The molecule has 6 nitrogen and oxygen atoms in total. The van der Waals surface area contributed by atoms with E-state index in [-0.39, 0.29) is 12.2 Å². The quantitative estimate of drug-likeness (QED) is 0.813. The zero-order chi connectivity index (χ0) is 20.3. The molecule has 29 heavy (non-hydrogen) atoms. The molecule has 2 aliphatic heterocycles. The topological polar surface area (TPSA) is 74.0 Å². The number of primary amides is 1. The van der Waals surface area contributed by atoms with Gasteiger partial charge in [-0.2, -0.15) is 0 Å². The van der Waals surface area contributed by atoms with Gasteiger partial charge in [0, 0.05) is 19.6 Å². The number of hydrogen-bond donors (Lipinski definition) is 1.